The molecule has 0 atom stereocenters. The summed E-state index contributed by atoms with van der Waals surface area (Å²) in [6.07, 6.45) is 5.15. The highest BCUT2D eigenvalue weighted by Crippen LogP contribution is 2.31. The summed E-state index contributed by atoms with van der Waals surface area (Å²) in [6, 6.07) is 6.61. The molecule has 0 unspecified atom stereocenters. The number of fused-ring (bicyclic) bond motifs is 1. The van der Waals surface area contributed by atoms with Crippen LogP contribution in [0.2, 0.25) is 0 Å². The van der Waals surface area contributed by atoms with E-state index in [0.717, 1.165) is 19.5 Å². The van der Waals surface area contributed by atoms with Crippen LogP contribution in [0.25, 0.3) is 5.69 Å². The van der Waals surface area contributed by atoms with Crippen LogP contribution in [0, 0.1) is 13.8 Å². The van der Waals surface area contributed by atoms with Gasteiger partial charge in [-0.15, -0.1) is 0 Å². The van der Waals surface area contributed by atoms with Crippen LogP contribution >= 0.6 is 0 Å². The zero-order valence-electron chi connectivity index (χ0n) is 14.2. The number of piperidine rings is 1. The third-order valence-corrected chi connectivity index (χ3v) is 5.14. The molecule has 1 saturated heterocycles. The molecule has 2 aliphatic heterocycles. The highest BCUT2D eigenvalue weighted by molar-refractivity contribution is 5.58. The first-order valence-electron chi connectivity index (χ1n) is 8.87. The number of nitrogens with zero attached hydrogens (tertiary/aromatic N) is 3. The molecule has 0 amide bonds. The Morgan fingerprint density at radius 1 is 1.13 bits per heavy atom. The number of hydrogen-bond acceptors (Lipinski definition) is 3. The lowest BCUT2D eigenvalue weighted by Gasteiger charge is -2.25. The average molecular weight is 310 g/mol. The van der Waals surface area contributed by atoms with Crippen LogP contribution in [0.15, 0.2) is 18.2 Å². The second-order valence-electron chi connectivity index (χ2n) is 6.99. The molecule has 4 rings (SSSR count). The van der Waals surface area contributed by atoms with Crippen molar-refractivity contribution >= 4 is 5.82 Å². The Bertz CT molecular complexity index is 710. The maximum absolute atomic E-state index is 5.00. The SMILES string of the molecule is Cc1ccc(-n2nc(CN3CCCCC3)c3c2NCC3)c(C)c1. The predicted octanol–water partition coefficient (Wildman–Crippen LogP) is 3.44. The molecular formula is C19H26N4. The first kappa shape index (κ1) is 14.8. The van der Waals surface area contributed by atoms with Crippen LogP contribution in [0.5, 0.6) is 0 Å². The van der Waals surface area contributed by atoms with Crippen molar-refractivity contribution in [2.75, 3.05) is 25.0 Å². The van der Waals surface area contributed by atoms with Gasteiger partial charge in [0.05, 0.1) is 11.4 Å². The molecule has 23 heavy (non-hydrogen) atoms. The van der Waals surface area contributed by atoms with Gasteiger partial charge in [-0.05, 0) is 57.8 Å². The Hall–Kier alpha value is -1.81. The fraction of sp³-hybridized carbons (Fsp3) is 0.526. The number of likely N-dealkylation sites (tertiary alicyclic amines) is 1. The van der Waals surface area contributed by atoms with E-state index < -0.39 is 0 Å². The fourth-order valence-electron chi connectivity index (χ4n) is 3.92. The second-order valence-corrected chi connectivity index (χ2v) is 6.99. The maximum atomic E-state index is 5.00. The minimum Gasteiger partial charge on any atom is -0.369 e. The van der Waals surface area contributed by atoms with E-state index >= 15 is 0 Å². The first-order chi connectivity index (χ1) is 11.2. The van der Waals surface area contributed by atoms with E-state index in [-0.39, 0.29) is 0 Å². The number of aryl methyl sites for hydroxylation is 2. The summed E-state index contributed by atoms with van der Waals surface area (Å²) in [5, 5.41) is 8.55. The third-order valence-electron chi connectivity index (χ3n) is 5.14. The summed E-state index contributed by atoms with van der Waals surface area (Å²) in [6.45, 7) is 8.80. The lowest BCUT2D eigenvalue weighted by atomic mass is 10.1. The summed E-state index contributed by atoms with van der Waals surface area (Å²) in [4.78, 5) is 2.57. The molecule has 1 aromatic heterocycles. The largest absolute Gasteiger partial charge is 0.369 e. The molecule has 3 heterocycles. The predicted molar refractivity (Wildman–Crippen MR) is 94.4 cm³/mol. The van der Waals surface area contributed by atoms with Gasteiger partial charge in [0.15, 0.2) is 0 Å². The van der Waals surface area contributed by atoms with Gasteiger partial charge in [-0.2, -0.15) is 5.10 Å². The monoisotopic (exact) mass is 310 g/mol. The zero-order chi connectivity index (χ0) is 15.8. The van der Waals surface area contributed by atoms with Crippen molar-refractivity contribution in [3.63, 3.8) is 0 Å². The van der Waals surface area contributed by atoms with Crippen LogP contribution in [0.1, 0.15) is 41.6 Å². The number of aromatic nitrogens is 2. The number of nitrogens with one attached hydrogen (secondary N) is 1. The van der Waals surface area contributed by atoms with Gasteiger partial charge in [0.2, 0.25) is 0 Å². The molecule has 0 aliphatic carbocycles. The van der Waals surface area contributed by atoms with E-state index in [1.807, 2.05) is 0 Å². The molecular weight excluding hydrogens is 284 g/mol. The highest BCUT2D eigenvalue weighted by atomic mass is 15.4. The van der Waals surface area contributed by atoms with E-state index in [1.54, 1.807) is 0 Å². The molecule has 0 saturated carbocycles. The average Bonchev–Trinajstić information content (AvgIpc) is 3.13. The molecule has 2 aromatic rings. The molecule has 0 radical (unpaired) electrons. The quantitative estimate of drug-likeness (QED) is 0.942. The lowest BCUT2D eigenvalue weighted by Crippen LogP contribution is -2.29. The van der Waals surface area contributed by atoms with Gasteiger partial charge in [-0.3, -0.25) is 4.90 Å². The van der Waals surface area contributed by atoms with Crippen molar-refractivity contribution in [2.45, 2.75) is 46.1 Å². The van der Waals surface area contributed by atoms with E-state index in [4.69, 9.17) is 5.10 Å². The molecule has 1 N–H and O–H groups in total. The number of benzene rings is 1. The van der Waals surface area contributed by atoms with Gasteiger partial charge in [0.1, 0.15) is 5.82 Å². The minimum atomic E-state index is 1.00. The molecule has 4 nitrogen and oxygen atoms in total. The zero-order valence-corrected chi connectivity index (χ0v) is 14.2. The summed E-state index contributed by atoms with van der Waals surface area (Å²) in [7, 11) is 0. The number of anilines is 1. The maximum Gasteiger partial charge on any atom is 0.133 e. The van der Waals surface area contributed by atoms with Crippen molar-refractivity contribution in [3.05, 3.63) is 40.6 Å². The van der Waals surface area contributed by atoms with Gasteiger partial charge in [-0.25, -0.2) is 4.68 Å². The second kappa shape index (κ2) is 6.00. The summed E-state index contributed by atoms with van der Waals surface area (Å²) in [5.74, 6) is 1.21. The van der Waals surface area contributed by atoms with E-state index in [9.17, 15) is 0 Å². The Labute approximate surface area is 138 Å². The van der Waals surface area contributed by atoms with Gasteiger partial charge < -0.3 is 5.32 Å². The number of hydrogen-bond donors (Lipinski definition) is 1. The molecule has 2 aliphatic rings. The topological polar surface area (TPSA) is 33.1 Å². The Kier molecular flexibility index (Phi) is 3.85. The van der Waals surface area contributed by atoms with Crippen molar-refractivity contribution in [2.24, 2.45) is 0 Å². The normalized spacial score (nSPS) is 18.0. The van der Waals surface area contributed by atoms with Gasteiger partial charge in [-0.1, -0.05) is 24.1 Å². The third kappa shape index (κ3) is 2.76. The van der Waals surface area contributed by atoms with Crippen molar-refractivity contribution in [3.8, 4) is 5.69 Å². The summed E-state index contributed by atoms with van der Waals surface area (Å²) in [5.41, 5.74) is 6.48. The van der Waals surface area contributed by atoms with Crippen LogP contribution in [0.3, 0.4) is 0 Å². The van der Waals surface area contributed by atoms with Gasteiger partial charge >= 0.3 is 0 Å². The first-order valence-corrected chi connectivity index (χ1v) is 8.87. The molecule has 0 spiro atoms. The summed E-state index contributed by atoms with van der Waals surface area (Å²) < 4.78 is 2.14. The fourth-order valence-corrected chi connectivity index (χ4v) is 3.92. The minimum absolute atomic E-state index is 1.00. The van der Waals surface area contributed by atoms with Gasteiger partial charge in [0.25, 0.3) is 0 Å². The van der Waals surface area contributed by atoms with Crippen LogP contribution < -0.4 is 5.32 Å². The molecule has 1 aromatic carbocycles. The Balaban J connectivity index is 1.69. The van der Waals surface area contributed by atoms with Crippen LogP contribution in [-0.2, 0) is 13.0 Å². The smallest absolute Gasteiger partial charge is 0.133 e. The van der Waals surface area contributed by atoms with Crippen molar-refractivity contribution in [1.29, 1.82) is 0 Å². The Morgan fingerprint density at radius 3 is 2.74 bits per heavy atom. The molecule has 0 bridgehead atoms. The standard InChI is InChI=1S/C19H26N4/c1-14-6-7-18(15(2)12-14)23-19-16(8-9-20-19)17(21-23)13-22-10-4-3-5-11-22/h6-7,12,20H,3-5,8-11,13H2,1-2H3. The molecule has 1 fully saturated rings. The highest BCUT2D eigenvalue weighted by Gasteiger charge is 2.25. The van der Waals surface area contributed by atoms with Crippen molar-refractivity contribution in [1.82, 2.24) is 14.7 Å². The van der Waals surface area contributed by atoms with Gasteiger partial charge in [0, 0.05) is 18.7 Å². The van der Waals surface area contributed by atoms with Crippen molar-refractivity contribution < 1.29 is 0 Å². The van der Waals surface area contributed by atoms with Crippen LogP contribution in [-0.4, -0.2) is 34.3 Å². The van der Waals surface area contributed by atoms with Crippen LogP contribution in [0.4, 0.5) is 5.82 Å². The number of rotatable bonds is 3. The van der Waals surface area contributed by atoms with E-state index in [2.05, 4.69) is 46.9 Å². The summed E-state index contributed by atoms with van der Waals surface area (Å²) >= 11 is 0. The molecule has 122 valence electrons. The van der Waals surface area contributed by atoms with E-state index in [0.29, 0.717) is 0 Å². The molecule has 4 heteroatoms. The Morgan fingerprint density at radius 2 is 1.96 bits per heavy atom. The lowest BCUT2D eigenvalue weighted by molar-refractivity contribution is 0.217. The van der Waals surface area contributed by atoms with E-state index in [1.165, 1.54) is 66.2 Å².